The van der Waals surface area contributed by atoms with E-state index in [-0.39, 0.29) is 0 Å². The van der Waals surface area contributed by atoms with Crippen molar-refractivity contribution in [1.29, 1.82) is 0 Å². The average Bonchev–Trinajstić information content (AvgIpc) is 0.702. The van der Waals surface area contributed by atoms with Crippen LogP contribution in [0.25, 0.3) is 0 Å². The molecule has 4 heteroatoms. The Morgan fingerprint density at radius 2 is 0.412 bits per heavy atom. The van der Waals surface area contributed by atoms with E-state index in [0.29, 0.717) is 0 Å². The Bertz CT molecular complexity index is 2120. The van der Waals surface area contributed by atoms with Crippen LogP contribution in [0.4, 0.5) is 0 Å². The molecule has 586 valence electrons. The van der Waals surface area contributed by atoms with Gasteiger partial charge >= 0.3 is 0 Å². The lowest BCUT2D eigenvalue weighted by Crippen LogP contribution is -2.67. The van der Waals surface area contributed by atoms with Gasteiger partial charge in [0.15, 0.2) is 0 Å². The smallest absolute Gasteiger partial charge is 0.0135 e. The van der Waals surface area contributed by atoms with Crippen LogP contribution < -0.4 is 0 Å². The van der Waals surface area contributed by atoms with Crippen molar-refractivity contribution >= 4 is 0 Å². The first kappa shape index (κ1) is 78.5. The lowest BCUT2D eigenvalue weighted by atomic mass is 9.41. The molecule has 0 aromatic carbocycles. The molecule has 0 radical (unpaired) electrons. The monoisotopic (exact) mass is 1410 g/mol. The molecule has 0 amide bonds. The molecule has 0 N–H and O–H groups in total. The molecule has 14 rings (SSSR count). The van der Waals surface area contributed by atoms with Crippen molar-refractivity contribution in [2.75, 3.05) is 0 Å². The Kier molecular flexibility index (Phi) is 29.5. The highest BCUT2D eigenvalue weighted by atomic mass is 15.3. The Morgan fingerprint density at radius 3 is 0.676 bits per heavy atom. The molecule has 4 nitrogen and oxygen atoms in total. The van der Waals surface area contributed by atoms with Crippen molar-refractivity contribution in [2.24, 2.45) is 107 Å². The zero-order valence-corrected chi connectivity index (χ0v) is 69.5. The summed E-state index contributed by atoms with van der Waals surface area (Å²) >= 11 is 0. The Labute approximate surface area is 635 Å². The van der Waals surface area contributed by atoms with Gasteiger partial charge in [0.25, 0.3) is 0 Å². The van der Waals surface area contributed by atoms with Gasteiger partial charge < -0.3 is 0 Å². The lowest BCUT2D eigenvalue weighted by Gasteiger charge is -2.68. The first-order valence-electron chi connectivity index (χ1n) is 49.1. The number of rotatable bonds is 28. The molecule has 0 heterocycles. The molecule has 14 aliphatic rings. The van der Waals surface area contributed by atoms with Crippen molar-refractivity contribution < 1.29 is 0 Å². The molecular formula is C98H174N4. The summed E-state index contributed by atoms with van der Waals surface area (Å²) in [5, 5.41) is 0. The third-order valence-electron chi connectivity index (χ3n) is 36.4. The molecule has 0 bridgehead atoms. The summed E-state index contributed by atoms with van der Waals surface area (Å²) in [6, 6.07) is 10.4. The van der Waals surface area contributed by atoms with Gasteiger partial charge in [0, 0.05) is 72.5 Å². The molecular weight excluding hydrogens is 1230 g/mol. The highest BCUT2D eigenvalue weighted by Gasteiger charge is 2.64. The number of hydrogen-bond donors (Lipinski definition) is 0. The zero-order valence-electron chi connectivity index (χ0n) is 69.5. The van der Waals surface area contributed by atoms with Gasteiger partial charge in [-0.25, -0.2) is 0 Å². The van der Waals surface area contributed by atoms with Crippen molar-refractivity contribution in [3.63, 3.8) is 0 Å². The Morgan fingerprint density at radius 1 is 0.196 bits per heavy atom. The predicted octanol–water partition coefficient (Wildman–Crippen LogP) is 27.5. The largest absolute Gasteiger partial charge is 0.294 e. The van der Waals surface area contributed by atoms with Crippen LogP contribution in [-0.2, 0) is 0 Å². The summed E-state index contributed by atoms with van der Waals surface area (Å²) in [5.74, 6) is 17.6. The third kappa shape index (κ3) is 19.1. The van der Waals surface area contributed by atoms with E-state index in [2.05, 4.69) is 75.0 Å². The van der Waals surface area contributed by atoms with Gasteiger partial charge in [0.2, 0.25) is 0 Å². The Hall–Kier alpha value is -0.160. The van der Waals surface area contributed by atoms with Crippen molar-refractivity contribution in [3.8, 4) is 0 Å². The fraction of sp³-hybridized carbons (Fsp3) is 1.00. The molecule has 0 spiro atoms. The van der Waals surface area contributed by atoms with E-state index in [1.54, 1.807) is 154 Å². The molecule has 10 atom stereocenters. The number of hydrogen-bond acceptors (Lipinski definition) is 4. The van der Waals surface area contributed by atoms with Gasteiger partial charge in [-0.3, -0.25) is 19.6 Å². The van der Waals surface area contributed by atoms with Crippen molar-refractivity contribution in [2.45, 2.75) is 513 Å². The van der Waals surface area contributed by atoms with E-state index in [1.165, 1.54) is 231 Å². The maximum absolute atomic E-state index is 3.65. The minimum Gasteiger partial charge on any atom is -0.294 e. The van der Waals surface area contributed by atoms with Crippen LogP contribution in [-0.4, -0.2) is 92.1 Å². The summed E-state index contributed by atoms with van der Waals surface area (Å²) in [6.07, 6.45) is 91.5. The standard InChI is InChI=1S/C98H174N4/c1-9-11-13-15-17-19-21-75-35-55-87(56-36-75)101(85-51-31-73(7)32-52-85)95-67-93(77-39-59-83(60-40-77)99(79-43-23-69(3)24-44-79)80-45-25-70(4)26-46-80)89-64-66-92-96(102(86-53-33-74(8)34-54-86)88-57-37-76(38-58-88)22-20-18-16-14-12-10-2)68-94(90-63-65-91(95)97(89)98(90)92)78-41-61-84(62-42-78)100(81-47-27-71(5)28-48-81)82-49-29-72(6)30-50-82/h69-98H,9-68H2,1-8H3. The van der Waals surface area contributed by atoms with E-state index < -0.39 is 0 Å². The van der Waals surface area contributed by atoms with E-state index in [4.69, 9.17) is 0 Å². The quantitative estimate of drug-likeness (QED) is 0.0724. The molecule has 10 unspecified atom stereocenters. The number of unbranched alkanes of at least 4 members (excludes halogenated alkanes) is 10. The van der Waals surface area contributed by atoms with E-state index in [1.807, 2.05) is 0 Å². The SMILES string of the molecule is CCCCCCCCC1CCC(N(C2CCC(C)CC2)C2CC(C3CCC(N(C4CCC(C)CC4)C4CCC(C)CC4)CC3)C3CCC4C5C(CCC2C35)C(C2CCC(N(C3CCC(C)CC3)C3CCC(C)CC3)CC2)CC4N(C2CCC(C)CC2)C2CCC(CCCCCCCC)CC2)CC1. The van der Waals surface area contributed by atoms with Crippen LogP contribution in [0.3, 0.4) is 0 Å². The fourth-order valence-electron chi connectivity index (χ4n) is 30.5. The van der Waals surface area contributed by atoms with Gasteiger partial charge in [0.1, 0.15) is 0 Å². The summed E-state index contributed by atoms with van der Waals surface area (Å²) in [6.45, 7) is 20.5. The molecule has 14 aliphatic carbocycles. The second-order valence-corrected chi connectivity index (χ2v) is 42.8. The van der Waals surface area contributed by atoms with Crippen LogP contribution in [0.5, 0.6) is 0 Å². The van der Waals surface area contributed by atoms with Crippen LogP contribution >= 0.6 is 0 Å². The highest BCUT2D eigenvalue weighted by Crippen LogP contribution is 2.67. The average molecular weight is 1410 g/mol. The first-order valence-corrected chi connectivity index (χ1v) is 49.1. The maximum Gasteiger partial charge on any atom is 0.0135 e. The van der Waals surface area contributed by atoms with Gasteiger partial charge in [-0.2, -0.15) is 0 Å². The third-order valence-corrected chi connectivity index (χ3v) is 36.4. The summed E-state index contributed by atoms with van der Waals surface area (Å²) < 4.78 is 0. The second kappa shape index (κ2) is 38.4. The molecule has 0 saturated heterocycles. The fourth-order valence-corrected chi connectivity index (χ4v) is 30.5. The normalized spacial score (nSPS) is 45.5. The summed E-state index contributed by atoms with van der Waals surface area (Å²) in [5.41, 5.74) is 0. The minimum absolute atomic E-state index is 0.859. The highest BCUT2D eigenvalue weighted by molar-refractivity contribution is 5.15. The van der Waals surface area contributed by atoms with Gasteiger partial charge in [0.05, 0.1) is 0 Å². The van der Waals surface area contributed by atoms with Crippen LogP contribution in [0, 0.1) is 107 Å². The first-order chi connectivity index (χ1) is 50.0. The summed E-state index contributed by atoms with van der Waals surface area (Å²) in [7, 11) is 0. The zero-order chi connectivity index (χ0) is 70.1. The second-order valence-electron chi connectivity index (χ2n) is 42.8. The molecule has 14 fully saturated rings. The molecule has 0 aliphatic heterocycles. The molecule has 102 heavy (non-hydrogen) atoms. The van der Waals surface area contributed by atoms with E-state index in [9.17, 15) is 0 Å². The lowest BCUT2D eigenvalue weighted by molar-refractivity contribution is -0.190. The molecule has 14 saturated carbocycles. The predicted molar refractivity (Wildman–Crippen MR) is 438 cm³/mol. The number of nitrogens with zero attached hydrogens (tertiary/aromatic N) is 4. The van der Waals surface area contributed by atoms with Gasteiger partial charge in [-0.15, -0.1) is 0 Å². The van der Waals surface area contributed by atoms with Gasteiger partial charge in [-0.1, -0.05) is 145 Å². The van der Waals surface area contributed by atoms with Crippen molar-refractivity contribution in [1.82, 2.24) is 19.6 Å². The topological polar surface area (TPSA) is 13.0 Å². The Balaban J connectivity index is 0.798. The summed E-state index contributed by atoms with van der Waals surface area (Å²) in [4.78, 5) is 14.0. The maximum atomic E-state index is 3.65. The van der Waals surface area contributed by atoms with Gasteiger partial charge in [-0.05, 0) is 402 Å². The van der Waals surface area contributed by atoms with Crippen molar-refractivity contribution in [3.05, 3.63) is 0 Å². The van der Waals surface area contributed by atoms with Crippen LogP contribution in [0.1, 0.15) is 441 Å². The van der Waals surface area contributed by atoms with Crippen LogP contribution in [0.2, 0.25) is 0 Å². The minimum atomic E-state index is 0.859. The van der Waals surface area contributed by atoms with Crippen LogP contribution in [0.15, 0.2) is 0 Å². The van der Waals surface area contributed by atoms with E-state index >= 15 is 0 Å². The molecule has 0 aromatic heterocycles. The molecule has 0 aromatic rings. The van der Waals surface area contributed by atoms with E-state index in [0.717, 1.165) is 179 Å².